The van der Waals surface area contributed by atoms with E-state index < -0.39 is 5.97 Å². The van der Waals surface area contributed by atoms with Gasteiger partial charge in [-0.3, -0.25) is 4.79 Å². The second-order valence-electron chi connectivity index (χ2n) is 5.82. The number of thioether (sulfide) groups is 1. The van der Waals surface area contributed by atoms with Gasteiger partial charge in [0.05, 0.1) is 29.2 Å². The summed E-state index contributed by atoms with van der Waals surface area (Å²) in [5.74, 6) is -0.943. The SMILES string of the molecule is CCOC(=O)c1cc(C#N)c(SCC(=O)NCCc2ccc(F)cc2)nc1C. The fraction of sp³-hybridized carbons (Fsp3) is 0.300. The number of aromatic nitrogens is 1. The maximum atomic E-state index is 12.9. The lowest BCUT2D eigenvalue weighted by molar-refractivity contribution is -0.118. The molecule has 0 saturated heterocycles. The van der Waals surface area contributed by atoms with Gasteiger partial charge in [-0.1, -0.05) is 23.9 Å². The van der Waals surface area contributed by atoms with Gasteiger partial charge in [0.15, 0.2) is 0 Å². The van der Waals surface area contributed by atoms with Crippen LogP contribution in [0.5, 0.6) is 0 Å². The molecular formula is C20H20FN3O3S. The van der Waals surface area contributed by atoms with E-state index >= 15 is 0 Å². The van der Waals surface area contributed by atoms with Gasteiger partial charge in [-0.15, -0.1) is 0 Å². The standard InChI is InChI=1S/C20H20FN3O3S/c1-3-27-20(26)17-10-15(11-22)19(24-13(17)2)28-12-18(25)23-9-8-14-4-6-16(21)7-5-14/h4-7,10H,3,8-9,12H2,1-2H3,(H,23,25). The zero-order valence-corrected chi connectivity index (χ0v) is 16.4. The minimum Gasteiger partial charge on any atom is -0.462 e. The molecule has 2 rings (SSSR count). The molecular weight excluding hydrogens is 381 g/mol. The van der Waals surface area contributed by atoms with Crippen LogP contribution < -0.4 is 5.32 Å². The lowest BCUT2D eigenvalue weighted by Gasteiger charge is -2.09. The van der Waals surface area contributed by atoms with Crippen molar-refractivity contribution in [1.82, 2.24) is 10.3 Å². The number of nitrogens with zero attached hydrogens (tertiary/aromatic N) is 2. The molecule has 0 unspecified atom stereocenters. The van der Waals surface area contributed by atoms with Crippen molar-refractivity contribution in [2.45, 2.75) is 25.3 Å². The smallest absolute Gasteiger partial charge is 0.340 e. The predicted octanol–water partition coefficient (Wildman–Crippen LogP) is 3.03. The third-order valence-electron chi connectivity index (χ3n) is 3.78. The fourth-order valence-corrected chi connectivity index (χ4v) is 3.20. The van der Waals surface area contributed by atoms with Crippen molar-refractivity contribution < 1.29 is 18.7 Å². The number of esters is 1. The van der Waals surface area contributed by atoms with Gasteiger partial charge < -0.3 is 10.1 Å². The van der Waals surface area contributed by atoms with Crippen molar-refractivity contribution in [3.63, 3.8) is 0 Å². The zero-order valence-electron chi connectivity index (χ0n) is 15.6. The van der Waals surface area contributed by atoms with Crippen LogP contribution in [0.4, 0.5) is 4.39 Å². The summed E-state index contributed by atoms with van der Waals surface area (Å²) in [5, 5.41) is 12.5. The van der Waals surface area contributed by atoms with Gasteiger partial charge in [-0.05, 0) is 44.0 Å². The van der Waals surface area contributed by atoms with Crippen molar-refractivity contribution in [2.75, 3.05) is 18.9 Å². The van der Waals surface area contributed by atoms with Gasteiger partial charge in [-0.25, -0.2) is 14.2 Å². The zero-order chi connectivity index (χ0) is 20.5. The number of rotatable bonds is 8. The highest BCUT2D eigenvalue weighted by Crippen LogP contribution is 2.23. The molecule has 0 fully saturated rings. The summed E-state index contributed by atoms with van der Waals surface area (Å²) in [6.45, 7) is 4.00. The summed E-state index contributed by atoms with van der Waals surface area (Å²) in [6, 6.07) is 9.55. The number of carbonyl (C=O) groups excluding carboxylic acids is 2. The van der Waals surface area contributed by atoms with Crippen LogP contribution in [0.2, 0.25) is 0 Å². The molecule has 0 spiro atoms. The molecule has 6 nitrogen and oxygen atoms in total. The Hall–Kier alpha value is -2.92. The molecule has 1 N–H and O–H groups in total. The number of benzene rings is 1. The maximum absolute atomic E-state index is 12.9. The molecule has 2 aromatic rings. The Bertz CT molecular complexity index is 895. The topological polar surface area (TPSA) is 92.1 Å². The number of hydrogen-bond acceptors (Lipinski definition) is 6. The van der Waals surface area contributed by atoms with Crippen molar-refractivity contribution in [1.29, 1.82) is 5.26 Å². The molecule has 146 valence electrons. The third-order valence-corrected chi connectivity index (χ3v) is 4.77. The van der Waals surface area contributed by atoms with Crippen molar-refractivity contribution in [3.05, 3.63) is 58.5 Å². The van der Waals surface area contributed by atoms with E-state index in [1.54, 1.807) is 26.0 Å². The lowest BCUT2D eigenvalue weighted by Crippen LogP contribution is -2.27. The Morgan fingerprint density at radius 1 is 1.32 bits per heavy atom. The first-order valence-electron chi connectivity index (χ1n) is 8.67. The van der Waals surface area contributed by atoms with Crippen LogP contribution in [0, 0.1) is 24.1 Å². The number of amides is 1. The van der Waals surface area contributed by atoms with E-state index in [9.17, 15) is 19.2 Å². The quantitative estimate of drug-likeness (QED) is 0.540. The van der Waals surface area contributed by atoms with Gasteiger partial charge in [-0.2, -0.15) is 5.26 Å². The number of nitrogens with one attached hydrogen (secondary N) is 1. The number of aryl methyl sites for hydroxylation is 1. The fourth-order valence-electron chi connectivity index (χ4n) is 2.37. The van der Waals surface area contributed by atoms with Gasteiger partial charge in [0.2, 0.25) is 5.91 Å². The van der Waals surface area contributed by atoms with E-state index in [1.807, 2.05) is 6.07 Å². The molecule has 1 amide bonds. The molecule has 28 heavy (non-hydrogen) atoms. The predicted molar refractivity (Wildman–Crippen MR) is 103 cm³/mol. The van der Waals surface area contributed by atoms with Crippen LogP contribution in [0.3, 0.4) is 0 Å². The number of halogens is 1. The first-order valence-corrected chi connectivity index (χ1v) is 9.66. The van der Waals surface area contributed by atoms with Gasteiger partial charge in [0.1, 0.15) is 16.9 Å². The van der Waals surface area contributed by atoms with E-state index in [4.69, 9.17) is 4.74 Å². The molecule has 0 aliphatic heterocycles. The van der Waals surface area contributed by atoms with E-state index in [2.05, 4.69) is 10.3 Å². The molecule has 0 bridgehead atoms. The van der Waals surface area contributed by atoms with Crippen molar-refractivity contribution >= 4 is 23.6 Å². The highest BCUT2D eigenvalue weighted by Gasteiger charge is 2.17. The Kier molecular flexibility index (Phi) is 7.96. The van der Waals surface area contributed by atoms with Gasteiger partial charge >= 0.3 is 5.97 Å². The Labute approximate surface area is 167 Å². The van der Waals surface area contributed by atoms with Crippen molar-refractivity contribution in [2.24, 2.45) is 0 Å². The molecule has 0 atom stereocenters. The largest absolute Gasteiger partial charge is 0.462 e. The summed E-state index contributed by atoms with van der Waals surface area (Å²) in [7, 11) is 0. The Morgan fingerprint density at radius 2 is 2.04 bits per heavy atom. The summed E-state index contributed by atoms with van der Waals surface area (Å²) < 4.78 is 17.8. The minimum atomic E-state index is -0.529. The number of nitriles is 1. The average molecular weight is 401 g/mol. The lowest BCUT2D eigenvalue weighted by atomic mass is 10.1. The Balaban J connectivity index is 1.91. The Morgan fingerprint density at radius 3 is 2.68 bits per heavy atom. The van der Waals surface area contributed by atoms with Gasteiger partial charge in [0, 0.05) is 6.54 Å². The summed E-state index contributed by atoms with van der Waals surface area (Å²) >= 11 is 1.13. The first-order chi connectivity index (χ1) is 13.4. The van der Waals surface area contributed by atoms with Crippen LogP contribution in [0.15, 0.2) is 35.4 Å². The maximum Gasteiger partial charge on any atom is 0.340 e. The molecule has 0 saturated carbocycles. The van der Waals surface area contributed by atoms with E-state index in [0.29, 0.717) is 23.7 Å². The van der Waals surface area contributed by atoms with Gasteiger partial charge in [0.25, 0.3) is 0 Å². The number of carbonyl (C=O) groups is 2. The van der Waals surface area contributed by atoms with Crippen molar-refractivity contribution in [3.8, 4) is 6.07 Å². The highest BCUT2D eigenvalue weighted by molar-refractivity contribution is 8.00. The number of ether oxygens (including phenoxy) is 1. The van der Waals surface area contributed by atoms with Crippen LogP contribution in [-0.4, -0.2) is 35.8 Å². The molecule has 1 aromatic heterocycles. The van der Waals surface area contributed by atoms with Crippen LogP contribution in [0.1, 0.15) is 34.1 Å². The number of pyridine rings is 1. The molecule has 1 aromatic carbocycles. The second kappa shape index (κ2) is 10.4. The van der Waals surface area contributed by atoms with Crippen LogP contribution >= 0.6 is 11.8 Å². The van der Waals surface area contributed by atoms with E-state index in [1.165, 1.54) is 18.2 Å². The average Bonchev–Trinajstić information content (AvgIpc) is 2.68. The minimum absolute atomic E-state index is 0.0866. The normalized spacial score (nSPS) is 10.2. The summed E-state index contributed by atoms with van der Waals surface area (Å²) in [4.78, 5) is 28.2. The highest BCUT2D eigenvalue weighted by atomic mass is 32.2. The molecule has 0 aliphatic carbocycles. The number of hydrogen-bond donors (Lipinski definition) is 1. The third kappa shape index (κ3) is 6.06. The molecule has 0 radical (unpaired) electrons. The monoisotopic (exact) mass is 401 g/mol. The van der Waals surface area contributed by atoms with Crippen LogP contribution in [0.25, 0.3) is 0 Å². The van der Waals surface area contributed by atoms with E-state index in [0.717, 1.165) is 17.3 Å². The van der Waals surface area contributed by atoms with E-state index in [-0.39, 0.29) is 35.2 Å². The summed E-state index contributed by atoms with van der Waals surface area (Å²) in [5.41, 5.74) is 1.83. The second-order valence-corrected chi connectivity index (χ2v) is 6.79. The molecule has 0 aliphatic rings. The summed E-state index contributed by atoms with van der Waals surface area (Å²) in [6.07, 6.45) is 0.589. The molecule has 8 heteroatoms. The molecule has 1 heterocycles. The van der Waals surface area contributed by atoms with Crippen LogP contribution in [-0.2, 0) is 16.0 Å². The first kappa shape index (κ1) is 21.4.